The van der Waals surface area contributed by atoms with Gasteiger partial charge >= 0.3 is 0 Å². The molecule has 4 heteroatoms. The number of likely N-dealkylation sites (tertiary alicyclic amines) is 1. The summed E-state index contributed by atoms with van der Waals surface area (Å²) in [7, 11) is 0. The van der Waals surface area contributed by atoms with E-state index in [0.29, 0.717) is 6.54 Å². The highest BCUT2D eigenvalue weighted by Gasteiger charge is 2.50. The lowest BCUT2D eigenvalue weighted by molar-refractivity contribution is -0.141. The third-order valence-electron chi connectivity index (χ3n) is 3.25. The van der Waals surface area contributed by atoms with Crippen molar-refractivity contribution in [2.24, 2.45) is 17.6 Å². The summed E-state index contributed by atoms with van der Waals surface area (Å²) in [6, 6.07) is 0. The molecular formula is C11H18N2O2. The van der Waals surface area contributed by atoms with Gasteiger partial charge in [0.2, 0.25) is 11.8 Å². The largest absolute Gasteiger partial charge is 0.324 e. The molecule has 2 unspecified atom stereocenters. The van der Waals surface area contributed by atoms with E-state index < -0.39 is 5.54 Å². The predicted molar refractivity (Wildman–Crippen MR) is 55.8 cm³/mol. The van der Waals surface area contributed by atoms with E-state index in [4.69, 9.17) is 5.73 Å². The molecule has 0 aromatic rings. The van der Waals surface area contributed by atoms with Gasteiger partial charge in [-0.05, 0) is 26.7 Å². The number of hydrogen-bond donors (Lipinski definition) is 1. The van der Waals surface area contributed by atoms with Crippen LogP contribution in [0.3, 0.4) is 0 Å². The molecule has 84 valence electrons. The van der Waals surface area contributed by atoms with Gasteiger partial charge in [-0.25, -0.2) is 0 Å². The first kappa shape index (κ1) is 10.6. The number of carbonyl (C=O) groups is 2. The third kappa shape index (κ3) is 1.78. The van der Waals surface area contributed by atoms with Crippen LogP contribution in [-0.4, -0.2) is 28.8 Å². The van der Waals surface area contributed by atoms with Gasteiger partial charge in [0.15, 0.2) is 0 Å². The monoisotopic (exact) mass is 210 g/mol. The first-order chi connectivity index (χ1) is 6.90. The van der Waals surface area contributed by atoms with E-state index in [-0.39, 0.29) is 23.7 Å². The summed E-state index contributed by atoms with van der Waals surface area (Å²) in [4.78, 5) is 25.2. The van der Waals surface area contributed by atoms with Crippen LogP contribution in [0.5, 0.6) is 0 Å². The first-order valence-electron chi connectivity index (χ1n) is 5.54. The van der Waals surface area contributed by atoms with Gasteiger partial charge in [0.25, 0.3) is 0 Å². The van der Waals surface area contributed by atoms with Crippen LogP contribution in [0.4, 0.5) is 0 Å². The quantitative estimate of drug-likeness (QED) is 0.675. The molecule has 2 fully saturated rings. The molecule has 0 spiro atoms. The van der Waals surface area contributed by atoms with E-state index in [1.165, 1.54) is 4.90 Å². The Kier molecular flexibility index (Phi) is 2.34. The fourth-order valence-electron chi connectivity index (χ4n) is 2.62. The summed E-state index contributed by atoms with van der Waals surface area (Å²) in [5, 5.41) is 0. The second-order valence-corrected chi connectivity index (χ2v) is 5.40. The smallest absolute Gasteiger partial charge is 0.233 e. The van der Waals surface area contributed by atoms with E-state index >= 15 is 0 Å². The Morgan fingerprint density at radius 2 is 1.73 bits per heavy atom. The Morgan fingerprint density at radius 1 is 1.27 bits per heavy atom. The predicted octanol–water partition coefficient (Wildman–Crippen LogP) is 0.509. The molecule has 0 aromatic carbocycles. The van der Waals surface area contributed by atoms with Crippen LogP contribution in [-0.2, 0) is 9.59 Å². The fraction of sp³-hybridized carbons (Fsp3) is 0.818. The van der Waals surface area contributed by atoms with Gasteiger partial charge in [0.05, 0.1) is 11.8 Å². The average Bonchev–Trinajstić information content (AvgIpc) is 2.64. The molecule has 15 heavy (non-hydrogen) atoms. The Bertz CT molecular complexity index is 284. The lowest BCUT2D eigenvalue weighted by Gasteiger charge is -2.25. The van der Waals surface area contributed by atoms with E-state index in [9.17, 15) is 9.59 Å². The lowest BCUT2D eigenvalue weighted by atomic mass is 10.00. The zero-order valence-electron chi connectivity index (χ0n) is 9.32. The summed E-state index contributed by atoms with van der Waals surface area (Å²) in [5.74, 6) is -0.0817. The van der Waals surface area contributed by atoms with Crippen molar-refractivity contribution >= 4 is 11.8 Å². The Morgan fingerprint density at radius 3 is 2.13 bits per heavy atom. The maximum absolute atomic E-state index is 11.9. The Labute approximate surface area is 89.8 Å². The van der Waals surface area contributed by atoms with Crippen molar-refractivity contribution in [2.45, 2.75) is 38.6 Å². The molecule has 0 bridgehead atoms. The van der Waals surface area contributed by atoms with Crippen molar-refractivity contribution in [3.8, 4) is 0 Å². The summed E-state index contributed by atoms with van der Waals surface area (Å²) in [6.07, 6.45) is 2.75. The second kappa shape index (κ2) is 3.30. The van der Waals surface area contributed by atoms with Crippen molar-refractivity contribution in [3.05, 3.63) is 0 Å². The SMILES string of the molecule is CC(C)(N)CN1C(=O)C2CCCC2C1=O. The van der Waals surface area contributed by atoms with Crippen LogP contribution < -0.4 is 5.73 Å². The number of amides is 2. The Balaban J connectivity index is 2.15. The number of hydrogen-bond acceptors (Lipinski definition) is 3. The number of rotatable bonds is 2. The maximum atomic E-state index is 11.9. The van der Waals surface area contributed by atoms with Crippen LogP contribution in [0, 0.1) is 11.8 Å². The zero-order chi connectivity index (χ0) is 11.2. The van der Waals surface area contributed by atoms with Crippen LogP contribution >= 0.6 is 0 Å². The molecule has 2 amide bonds. The van der Waals surface area contributed by atoms with Crippen molar-refractivity contribution < 1.29 is 9.59 Å². The van der Waals surface area contributed by atoms with Crippen molar-refractivity contribution in [1.82, 2.24) is 4.90 Å². The van der Waals surface area contributed by atoms with E-state index in [2.05, 4.69) is 0 Å². The lowest BCUT2D eigenvalue weighted by Crippen LogP contribution is -2.48. The van der Waals surface area contributed by atoms with Gasteiger partial charge in [0, 0.05) is 12.1 Å². The normalized spacial score (nSPS) is 31.3. The number of nitrogens with two attached hydrogens (primary N) is 1. The molecule has 0 aromatic heterocycles. The summed E-state index contributed by atoms with van der Waals surface area (Å²) < 4.78 is 0. The highest BCUT2D eigenvalue weighted by Crippen LogP contribution is 2.39. The van der Waals surface area contributed by atoms with Crippen molar-refractivity contribution in [1.29, 1.82) is 0 Å². The third-order valence-corrected chi connectivity index (χ3v) is 3.25. The van der Waals surface area contributed by atoms with Crippen LogP contribution in [0.1, 0.15) is 33.1 Å². The van der Waals surface area contributed by atoms with Gasteiger partial charge in [-0.3, -0.25) is 14.5 Å². The van der Waals surface area contributed by atoms with Gasteiger partial charge in [-0.2, -0.15) is 0 Å². The molecule has 2 N–H and O–H groups in total. The molecule has 4 nitrogen and oxygen atoms in total. The molecule has 1 saturated carbocycles. The molecule has 2 rings (SSSR count). The zero-order valence-corrected chi connectivity index (χ0v) is 9.32. The highest BCUT2D eigenvalue weighted by molar-refractivity contribution is 6.05. The standard InChI is InChI=1S/C11H18N2O2/c1-11(2,12)6-13-9(14)7-4-3-5-8(7)10(13)15/h7-8H,3-6,12H2,1-2H3. The topological polar surface area (TPSA) is 63.4 Å². The fourth-order valence-corrected chi connectivity index (χ4v) is 2.62. The van der Waals surface area contributed by atoms with Crippen LogP contribution in [0.25, 0.3) is 0 Å². The molecule has 0 radical (unpaired) electrons. The van der Waals surface area contributed by atoms with Gasteiger partial charge in [-0.1, -0.05) is 6.42 Å². The average molecular weight is 210 g/mol. The van der Waals surface area contributed by atoms with Crippen LogP contribution in [0.2, 0.25) is 0 Å². The van der Waals surface area contributed by atoms with Crippen molar-refractivity contribution in [3.63, 3.8) is 0 Å². The second-order valence-electron chi connectivity index (χ2n) is 5.40. The summed E-state index contributed by atoms with van der Waals surface area (Å²) in [5.41, 5.74) is 5.35. The molecule has 1 aliphatic heterocycles. The molecule has 2 aliphatic rings. The summed E-state index contributed by atoms with van der Waals surface area (Å²) in [6.45, 7) is 4.01. The van der Waals surface area contributed by atoms with Crippen LogP contribution in [0.15, 0.2) is 0 Å². The Hall–Kier alpha value is -0.900. The number of nitrogens with zero attached hydrogens (tertiary/aromatic N) is 1. The molecule has 1 saturated heterocycles. The van der Waals surface area contributed by atoms with E-state index in [0.717, 1.165) is 19.3 Å². The van der Waals surface area contributed by atoms with E-state index in [1.54, 1.807) is 0 Å². The molecule has 2 atom stereocenters. The maximum Gasteiger partial charge on any atom is 0.233 e. The van der Waals surface area contributed by atoms with Crippen molar-refractivity contribution in [2.75, 3.05) is 6.54 Å². The first-order valence-corrected chi connectivity index (χ1v) is 5.54. The number of fused-ring (bicyclic) bond motifs is 1. The van der Waals surface area contributed by atoms with Gasteiger partial charge in [0.1, 0.15) is 0 Å². The molecular weight excluding hydrogens is 192 g/mol. The number of carbonyl (C=O) groups excluding carboxylic acids is 2. The molecule has 1 aliphatic carbocycles. The molecule has 1 heterocycles. The van der Waals surface area contributed by atoms with Gasteiger partial charge in [-0.15, -0.1) is 0 Å². The van der Waals surface area contributed by atoms with Gasteiger partial charge < -0.3 is 5.73 Å². The minimum absolute atomic E-state index is 0.000949. The minimum atomic E-state index is -0.496. The number of imide groups is 1. The highest BCUT2D eigenvalue weighted by atomic mass is 16.2. The minimum Gasteiger partial charge on any atom is -0.324 e. The van der Waals surface area contributed by atoms with E-state index in [1.807, 2.05) is 13.8 Å². The summed E-state index contributed by atoms with van der Waals surface area (Å²) >= 11 is 0.